The fraction of sp³-hybridized carbons (Fsp3) is 0.769. The number of hydrogen-bond acceptors (Lipinski definition) is 2. The van der Waals surface area contributed by atoms with E-state index in [4.69, 9.17) is 10.2 Å². The number of aliphatic hydroxyl groups is 1. The molecule has 3 nitrogen and oxygen atoms in total. The molecule has 2 unspecified atom stereocenters. The van der Waals surface area contributed by atoms with Gasteiger partial charge in [0.25, 0.3) is 5.67 Å². The Hall–Kier alpha value is -1.67. The fourth-order valence-corrected chi connectivity index (χ4v) is 1.77. The highest BCUT2D eigenvalue weighted by molar-refractivity contribution is 5.85. The van der Waals surface area contributed by atoms with E-state index in [1.807, 2.05) is 0 Å². The number of alkyl halides is 12. The molecule has 0 aromatic carbocycles. The highest BCUT2D eigenvalue weighted by atomic mass is 19.4. The van der Waals surface area contributed by atoms with E-state index in [9.17, 15) is 57.5 Å². The average molecular weight is 444 g/mol. The predicted octanol–water partition coefficient (Wildman–Crippen LogP) is 4.60. The molecule has 2 atom stereocenters. The molecule has 0 fully saturated rings. The Morgan fingerprint density at radius 1 is 0.857 bits per heavy atom. The van der Waals surface area contributed by atoms with Crippen LogP contribution in [0.4, 0.5) is 52.7 Å². The summed E-state index contributed by atoms with van der Waals surface area (Å²) >= 11 is 0. The lowest BCUT2D eigenvalue weighted by atomic mass is 9.86. The number of carboxylic acid groups (broad SMARTS) is 1. The highest BCUT2D eigenvalue weighted by Gasteiger charge is 2.88. The van der Waals surface area contributed by atoms with E-state index in [2.05, 4.69) is 6.58 Å². The van der Waals surface area contributed by atoms with Gasteiger partial charge in [0.15, 0.2) is 0 Å². The van der Waals surface area contributed by atoms with Gasteiger partial charge in [0.1, 0.15) is 0 Å². The minimum absolute atomic E-state index is 1.06. The van der Waals surface area contributed by atoms with Crippen molar-refractivity contribution in [2.45, 2.75) is 61.4 Å². The first-order chi connectivity index (χ1) is 12.0. The minimum Gasteiger partial charge on any atom is -0.478 e. The zero-order valence-corrected chi connectivity index (χ0v) is 13.5. The molecule has 0 saturated heterocycles. The molecule has 0 amide bonds. The number of halogens is 12. The molecule has 0 spiro atoms. The molecule has 0 heterocycles. The summed E-state index contributed by atoms with van der Waals surface area (Å²) in [5.74, 6) is -30.4. The van der Waals surface area contributed by atoms with Crippen LogP contribution in [0, 0.1) is 0 Å². The van der Waals surface area contributed by atoms with Crippen LogP contribution < -0.4 is 0 Å². The van der Waals surface area contributed by atoms with E-state index >= 15 is 0 Å². The summed E-state index contributed by atoms with van der Waals surface area (Å²) in [5.41, 5.74) is -7.39. The first-order valence-electron chi connectivity index (χ1n) is 6.83. The zero-order chi connectivity index (χ0) is 23.1. The molecular weight excluding hydrogens is 432 g/mol. The lowest BCUT2D eigenvalue weighted by molar-refractivity contribution is -0.413. The van der Waals surface area contributed by atoms with Gasteiger partial charge in [-0.3, -0.25) is 0 Å². The van der Waals surface area contributed by atoms with Crippen LogP contribution in [0.1, 0.15) is 19.8 Å². The average Bonchev–Trinajstić information content (AvgIpc) is 2.44. The molecule has 15 heteroatoms. The molecule has 0 aliphatic heterocycles. The van der Waals surface area contributed by atoms with E-state index in [1.165, 1.54) is 0 Å². The van der Waals surface area contributed by atoms with Crippen LogP contribution in [0.15, 0.2) is 12.2 Å². The van der Waals surface area contributed by atoms with Gasteiger partial charge in [-0.25, -0.2) is 9.18 Å². The number of aliphatic hydroxyl groups excluding tert-OH is 1. The molecule has 28 heavy (non-hydrogen) atoms. The molecule has 0 aromatic heterocycles. The second-order valence-corrected chi connectivity index (χ2v) is 5.90. The third kappa shape index (κ3) is 4.17. The molecule has 0 aliphatic rings. The van der Waals surface area contributed by atoms with Crippen molar-refractivity contribution in [3.8, 4) is 0 Å². The van der Waals surface area contributed by atoms with Gasteiger partial charge in [0.05, 0.1) is 6.10 Å². The van der Waals surface area contributed by atoms with Crippen LogP contribution in [0.5, 0.6) is 0 Å². The van der Waals surface area contributed by atoms with E-state index in [1.54, 1.807) is 0 Å². The number of carbonyl (C=O) groups is 1. The van der Waals surface area contributed by atoms with Crippen molar-refractivity contribution < 1.29 is 67.7 Å². The standard InChI is InChI=1S/C13H12F12O3/c1-5(7(27)28)3-6(26)4-9(15,16)11(19,20)12(21,22)10(17,18)8(2,14)13(23,24)25/h6,26H,1,3-4H2,2H3,(H,27,28). The van der Waals surface area contributed by atoms with Crippen molar-refractivity contribution in [1.82, 2.24) is 0 Å². The maximum atomic E-state index is 13.5. The molecule has 2 N–H and O–H groups in total. The largest absolute Gasteiger partial charge is 0.478 e. The summed E-state index contributed by atoms with van der Waals surface area (Å²) in [7, 11) is 0. The van der Waals surface area contributed by atoms with Gasteiger partial charge in [0, 0.05) is 18.4 Å². The Morgan fingerprint density at radius 3 is 1.57 bits per heavy atom. The van der Waals surface area contributed by atoms with Crippen molar-refractivity contribution in [3.63, 3.8) is 0 Å². The SMILES string of the molecule is C=C(CC(O)CC(F)(F)C(F)(F)C(F)(F)C(F)(F)C(C)(F)C(F)(F)F)C(=O)O. The quantitative estimate of drug-likeness (QED) is 0.404. The van der Waals surface area contributed by atoms with Gasteiger partial charge >= 0.3 is 35.8 Å². The number of carboxylic acids is 1. The minimum atomic E-state index is -7.58. The Balaban J connectivity index is 5.98. The molecule has 0 saturated carbocycles. The molecule has 0 aromatic rings. The van der Waals surface area contributed by atoms with Crippen molar-refractivity contribution >= 4 is 5.97 Å². The highest BCUT2D eigenvalue weighted by Crippen LogP contribution is 2.60. The summed E-state index contributed by atoms with van der Waals surface area (Å²) in [5, 5.41) is 17.5. The monoisotopic (exact) mass is 444 g/mol. The Kier molecular flexibility index (Phi) is 6.86. The lowest BCUT2D eigenvalue weighted by Gasteiger charge is -2.41. The van der Waals surface area contributed by atoms with Gasteiger partial charge in [-0.05, 0) is 6.92 Å². The first-order valence-corrected chi connectivity index (χ1v) is 6.83. The van der Waals surface area contributed by atoms with Crippen LogP contribution in [0.3, 0.4) is 0 Å². The summed E-state index contributed by atoms with van der Waals surface area (Å²) in [4.78, 5) is 10.4. The third-order valence-electron chi connectivity index (χ3n) is 3.65. The smallest absolute Gasteiger partial charge is 0.428 e. The summed E-state index contributed by atoms with van der Waals surface area (Å²) < 4.78 is 158. The Bertz CT molecular complexity index is 608. The lowest BCUT2D eigenvalue weighted by Crippen LogP contribution is -2.70. The van der Waals surface area contributed by atoms with Crippen LogP contribution in [-0.4, -0.2) is 57.8 Å². The van der Waals surface area contributed by atoms with Crippen molar-refractivity contribution in [1.29, 1.82) is 0 Å². The summed E-state index contributed by atoms with van der Waals surface area (Å²) in [6, 6.07) is 0. The maximum Gasteiger partial charge on any atom is 0.428 e. The third-order valence-corrected chi connectivity index (χ3v) is 3.65. The molecule has 0 aliphatic carbocycles. The summed E-state index contributed by atoms with van der Waals surface area (Å²) in [6.45, 7) is 1.46. The zero-order valence-electron chi connectivity index (χ0n) is 13.5. The fourth-order valence-electron chi connectivity index (χ4n) is 1.77. The molecule has 166 valence electrons. The molecular formula is C13H12F12O3. The van der Waals surface area contributed by atoms with Crippen molar-refractivity contribution in [3.05, 3.63) is 12.2 Å². The van der Waals surface area contributed by atoms with Crippen molar-refractivity contribution in [2.24, 2.45) is 0 Å². The van der Waals surface area contributed by atoms with E-state index in [0.717, 1.165) is 0 Å². The van der Waals surface area contributed by atoms with Crippen LogP contribution in [0.25, 0.3) is 0 Å². The van der Waals surface area contributed by atoms with E-state index in [-0.39, 0.29) is 0 Å². The van der Waals surface area contributed by atoms with Gasteiger partial charge in [-0.2, -0.15) is 48.3 Å². The summed E-state index contributed by atoms with van der Waals surface area (Å²) in [6.07, 6.45) is -13.9. The van der Waals surface area contributed by atoms with E-state index in [0.29, 0.717) is 0 Å². The molecule has 0 rings (SSSR count). The Morgan fingerprint density at radius 2 is 1.25 bits per heavy atom. The topological polar surface area (TPSA) is 57.5 Å². The van der Waals surface area contributed by atoms with Crippen LogP contribution in [-0.2, 0) is 4.79 Å². The predicted molar refractivity (Wildman–Crippen MR) is 67.4 cm³/mol. The number of hydrogen-bond donors (Lipinski definition) is 2. The first kappa shape index (κ1) is 26.3. The van der Waals surface area contributed by atoms with Gasteiger partial charge in [-0.15, -0.1) is 0 Å². The number of rotatable bonds is 9. The van der Waals surface area contributed by atoms with Crippen molar-refractivity contribution in [2.75, 3.05) is 0 Å². The van der Waals surface area contributed by atoms with Gasteiger partial charge in [0.2, 0.25) is 0 Å². The van der Waals surface area contributed by atoms with E-state index < -0.39 is 72.9 Å². The molecule has 0 bridgehead atoms. The number of aliphatic carboxylic acids is 1. The second-order valence-electron chi connectivity index (χ2n) is 5.90. The molecule has 0 radical (unpaired) electrons. The van der Waals surface area contributed by atoms with Gasteiger partial charge in [-0.1, -0.05) is 6.58 Å². The Labute approximate surface area is 148 Å². The maximum absolute atomic E-state index is 13.5. The van der Waals surface area contributed by atoms with Gasteiger partial charge < -0.3 is 10.2 Å². The normalized spacial score (nSPS) is 17.8. The second kappa shape index (κ2) is 7.30. The van der Waals surface area contributed by atoms with Crippen LogP contribution in [0.2, 0.25) is 0 Å². The van der Waals surface area contributed by atoms with Crippen LogP contribution >= 0.6 is 0 Å².